The number of aromatic nitrogens is 3. The summed E-state index contributed by atoms with van der Waals surface area (Å²) in [6.45, 7) is 5.06. The molecular weight excluding hydrogens is 484 g/mol. The number of benzene rings is 1. The van der Waals surface area contributed by atoms with Crippen LogP contribution in [0.15, 0.2) is 60.8 Å². The summed E-state index contributed by atoms with van der Waals surface area (Å²) in [4.78, 5) is 50.1. The van der Waals surface area contributed by atoms with Gasteiger partial charge in [0.25, 0.3) is 0 Å². The third kappa shape index (κ3) is 5.25. The van der Waals surface area contributed by atoms with E-state index in [0.717, 1.165) is 5.56 Å². The van der Waals surface area contributed by atoms with Crippen LogP contribution in [0.4, 0.5) is 4.79 Å². The molecule has 0 saturated carbocycles. The lowest BCUT2D eigenvalue weighted by Crippen LogP contribution is -2.58. The van der Waals surface area contributed by atoms with E-state index in [0.29, 0.717) is 4.88 Å². The lowest BCUT2D eigenvalue weighted by molar-refractivity contribution is -0.169. The van der Waals surface area contributed by atoms with Crippen LogP contribution in [0.5, 0.6) is 0 Å². The molecular formula is C25H28N4O6S. The first-order valence-corrected chi connectivity index (χ1v) is 12.3. The summed E-state index contributed by atoms with van der Waals surface area (Å²) in [7, 11) is 0. The maximum absolute atomic E-state index is 13.9. The fourth-order valence-electron chi connectivity index (χ4n) is 4.46. The van der Waals surface area contributed by atoms with Crippen molar-refractivity contribution in [3.05, 3.63) is 71.2 Å². The smallest absolute Gasteiger partial charge is 0.411 e. The Bertz CT molecular complexity index is 1190. The number of nitrogens with zero attached hydrogens (tertiary/aromatic N) is 4. The number of likely N-dealkylation sites (tertiary alicyclic amines) is 1. The van der Waals surface area contributed by atoms with Crippen molar-refractivity contribution in [2.75, 3.05) is 0 Å². The van der Waals surface area contributed by atoms with Crippen LogP contribution in [0.1, 0.15) is 43.7 Å². The van der Waals surface area contributed by atoms with Crippen LogP contribution >= 0.6 is 11.3 Å². The highest BCUT2D eigenvalue weighted by atomic mass is 32.1. The maximum atomic E-state index is 13.9. The number of imidazole rings is 1. The van der Waals surface area contributed by atoms with Crippen LogP contribution in [0, 0.1) is 5.92 Å². The van der Waals surface area contributed by atoms with Crippen LogP contribution in [-0.4, -0.2) is 53.7 Å². The van der Waals surface area contributed by atoms with E-state index in [1.54, 1.807) is 43.2 Å². The number of hydrogen-bond donors (Lipinski definition) is 1. The Morgan fingerprint density at radius 1 is 1.19 bits per heavy atom. The van der Waals surface area contributed by atoms with Crippen molar-refractivity contribution in [2.45, 2.75) is 57.5 Å². The summed E-state index contributed by atoms with van der Waals surface area (Å²) >= 11 is 1.22. The van der Waals surface area contributed by atoms with Crippen LogP contribution in [0.2, 0.25) is 0 Å². The van der Waals surface area contributed by atoms with Gasteiger partial charge in [-0.2, -0.15) is 0 Å². The molecule has 4 rings (SSSR count). The minimum atomic E-state index is -1.67. The zero-order valence-corrected chi connectivity index (χ0v) is 21.1. The quantitative estimate of drug-likeness (QED) is 0.473. The minimum absolute atomic E-state index is 0.0429. The number of carbonyl (C=O) groups excluding carboxylic acids is 2. The van der Waals surface area contributed by atoms with Gasteiger partial charge < -0.3 is 19.1 Å². The second-order valence-corrected chi connectivity index (χ2v) is 10.6. The van der Waals surface area contributed by atoms with Crippen LogP contribution in [0.3, 0.4) is 0 Å². The van der Waals surface area contributed by atoms with Gasteiger partial charge in [0, 0.05) is 23.5 Å². The van der Waals surface area contributed by atoms with Crippen molar-refractivity contribution < 1.29 is 29.0 Å². The Balaban J connectivity index is 1.82. The summed E-state index contributed by atoms with van der Waals surface area (Å²) in [5.41, 5.74) is -0.226. The highest BCUT2D eigenvalue weighted by Gasteiger charge is 2.63. The third-order valence-electron chi connectivity index (χ3n) is 5.92. The van der Waals surface area contributed by atoms with E-state index in [9.17, 15) is 19.5 Å². The first-order valence-electron chi connectivity index (χ1n) is 11.4. The first kappa shape index (κ1) is 25.4. The van der Waals surface area contributed by atoms with Gasteiger partial charge in [0.05, 0.1) is 30.3 Å². The second kappa shape index (κ2) is 10.1. The van der Waals surface area contributed by atoms with Crippen molar-refractivity contribution in [1.82, 2.24) is 19.4 Å². The lowest BCUT2D eigenvalue weighted by Gasteiger charge is -2.39. The molecule has 0 radical (unpaired) electrons. The number of rotatable bonds is 7. The molecule has 1 amide bonds. The van der Waals surface area contributed by atoms with Crippen LogP contribution in [0.25, 0.3) is 0 Å². The van der Waals surface area contributed by atoms with Crippen LogP contribution < -0.4 is 0 Å². The fourth-order valence-corrected chi connectivity index (χ4v) is 5.23. The number of thiazole rings is 1. The molecule has 1 aliphatic rings. The Hall–Kier alpha value is -3.73. The number of aliphatic carboxylic acids is 1. The molecule has 3 heterocycles. The van der Waals surface area contributed by atoms with E-state index < -0.39 is 41.1 Å². The molecule has 1 N–H and O–H groups in total. The van der Waals surface area contributed by atoms with Gasteiger partial charge >= 0.3 is 18.0 Å². The Morgan fingerprint density at radius 3 is 2.53 bits per heavy atom. The maximum Gasteiger partial charge on any atom is 0.411 e. The van der Waals surface area contributed by atoms with E-state index in [4.69, 9.17) is 9.47 Å². The predicted octanol–water partition coefficient (Wildman–Crippen LogP) is 3.90. The molecule has 11 heteroatoms. The molecule has 1 aliphatic heterocycles. The zero-order valence-electron chi connectivity index (χ0n) is 20.2. The lowest BCUT2D eigenvalue weighted by atomic mass is 9.90. The Kier molecular flexibility index (Phi) is 7.11. The molecule has 2 aromatic heterocycles. The van der Waals surface area contributed by atoms with Crippen molar-refractivity contribution >= 4 is 29.4 Å². The van der Waals surface area contributed by atoms with Gasteiger partial charge in [-0.05, 0) is 32.8 Å². The molecule has 1 aromatic carbocycles. The second-order valence-electron chi connectivity index (χ2n) is 9.68. The number of carboxylic acids is 1. The van der Waals surface area contributed by atoms with Gasteiger partial charge in [-0.25, -0.2) is 14.6 Å². The molecule has 1 saturated heterocycles. The third-order valence-corrected chi connectivity index (χ3v) is 6.77. The topological polar surface area (TPSA) is 124 Å². The normalized spacial score (nSPS) is 21.8. The Morgan fingerprint density at radius 2 is 1.94 bits per heavy atom. The van der Waals surface area contributed by atoms with E-state index in [1.165, 1.54) is 28.8 Å². The molecule has 1 fully saturated rings. The molecule has 0 aliphatic carbocycles. The van der Waals surface area contributed by atoms with Gasteiger partial charge in [-0.1, -0.05) is 30.3 Å². The predicted molar refractivity (Wildman–Crippen MR) is 130 cm³/mol. The van der Waals surface area contributed by atoms with E-state index in [-0.39, 0.29) is 19.6 Å². The monoisotopic (exact) mass is 512 g/mol. The Labute approximate surface area is 212 Å². The SMILES string of the molecule is CC(C)(C)OC(=O)[C@]1(Cn2ccnc2)C[C@H](C(=O)O)[C@@H](c2cncs2)N1C(=O)OCc1ccccc1. The van der Waals surface area contributed by atoms with E-state index >= 15 is 0 Å². The summed E-state index contributed by atoms with van der Waals surface area (Å²) in [6.07, 6.45) is 5.24. The molecule has 3 atom stereocenters. The number of hydrogen-bond acceptors (Lipinski definition) is 8. The molecule has 190 valence electrons. The molecule has 0 spiro atoms. The fraction of sp³-hybridized carbons (Fsp3) is 0.400. The number of carbonyl (C=O) groups is 3. The molecule has 3 aromatic rings. The van der Waals surface area contributed by atoms with Crippen molar-refractivity contribution in [1.29, 1.82) is 0 Å². The van der Waals surface area contributed by atoms with Gasteiger partial charge in [-0.15, -0.1) is 11.3 Å². The minimum Gasteiger partial charge on any atom is -0.481 e. The van der Waals surface area contributed by atoms with E-state index in [2.05, 4.69) is 9.97 Å². The highest BCUT2D eigenvalue weighted by molar-refractivity contribution is 7.09. The standard InChI is InChI=1S/C25H28N4O6S/c1-24(2,3)35-22(32)25(14-28-10-9-26-15-28)11-18(21(30)31)20(19-12-27-16-36-19)29(25)23(33)34-13-17-7-5-4-6-8-17/h4-10,12,15-16,18,20H,11,13-14H2,1-3H3,(H,30,31)/t18-,20-,25+/m0/s1. The summed E-state index contributed by atoms with van der Waals surface area (Å²) < 4.78 is 13.1. The number of ether oxygens (including phenoxy) is 2. The highest BCUT2D eigenvalue weighted by Crippen LogP contribution is 2.50. The largest absolute Gasteiger partial charge is 0.481 e. The average molecular weight is 513 g/mol. The molecule has 36 heavy (non-hydrogen) atoms. The summed E-state index contributed by atoms with van der Waals surface area (Å²) in [5, 5.41) is 10.2. The van der Waals surface area contributed by atoms with Crippen molar-refractivity contribution in [2.24, 2.45) is 5.92 Å². The molecule has 0 bridgehead atoms. The number of esters is 1. The van der Waals surface area contributed by atoms with Gasteiger partial charge in [0.1, 0.15) is 12.2 Å². The number of carboxylic acid groups (broad SMARTS) is 1. The summed E-state index contributed by atoms with van der Waals surface area (Å²) in [5.74, 6) is -2.94. The summed E-state index contributed by atoms with van der Waals surface area (Å²) in [6, 6.07) is 8.14. The van der Waals surface area contributed by atoms with Gasteiger partial charge in [-0.3, -0.25) is 14.7 Å². The zero-order chi connectivity index (χ0) is 25.9. The molecule has 0 unspecified atom stereocenters. The van der Waals surface area contributed by atoms with Gasteiger partial charge in [0.2, 0.25) is 0 Å². The number of amides is 1. The average Bonchev–Trinajstić information content (AvgIpc) is 3.58. The van der Waals surface area contributed by atoms with E-state index in [1.807, 2.05) is 30.3 Å². The first-order chi connectivity index (χ1) is 17.1. The van der Waals surface area contributed by atoms with Crippen LogP contribution in [-0.2, 0) is 32.2 Å². The molecule has 10 nitrogen and oxygen atoms in total. The van der Waals surface area contributed by atoms with Gasteiger partial charge in [0.15, 0.2) is 5.54 Å². The van der Waals surface area contributed by atoms with Crippen molar-refractivity contribution in [3.63, 3.8) is 0 Å². The van der Waals surface area contributed by atoms with Crippen molar-refractivity contribution in [3.8, 4) is 0 Å².